The van der Waals surface area contributed by atoms with Crippen LogP contribution in [0.2, 0.25) is 0 Å². The highest BCUT2D eigenvalue weighted by molar-refractivity contribution is 9.10. The van der Waals surface area contributed by atoms with E-state index in [2.05, 4.69) is 26.3 Å². The number of rotatable bonds is 5. The molecule has 1 aliphatic heterocycles. The molecule has 0 saturated carbocycles. The molecule has 1 atom stereocenters. The third kappa shape index (κ3) is 4.19. The first kappa shape index (κ1) is 18.3. The van der Waals surface area contributed by atoms with Crippen LogP contribution in [-0.4, -0.2) is 34.7 Å². The molecule has 0 spiro atoms. The summed E-state index contributed by atoms with van der Waals surface area (Å²) in [6, 6.07) is 10.5. The topological polar surface area (TPSA) is 84.3 Å². The number of halogens is 1. The highest BCUT2D eigenvalue weighted by Gasteiger charge is 2.34. The van der Waals surface area contributed by atoms with Gasteiger partial charge in [-0.1, -0.05) is 22.0 Å². The number of nitrogens with zero attached hydrogens (tertiary/aromatic N) is 3. The second-order valence-corrected chi connectivity index (χ2v) is 7.13. The Hall–Kier alpha value is -2.48. The largest absolute Gasteiger partial charge is 0.354 e. The fraction of sp³-hybridized carbons (Fsp3) is 0.333. The van der Waals surface area contributed by atoms with E-state index in [9.17, 15) is 14.4 Å². The number of hydrogen-bond acceptors (Lipinski definition) is 4. The third-order valence-corrected chi connectivity index (χ3v) is 4.73. The Morgan fingerprint density at radius 1 is 1.31 bits per heavy atom. The van der Waals surface area contributed by atoms with Gasteiger partial charge in [0.2, 0.25) is 11.8 Å². The Labute approximate surface area is 159 Å². The Morgan fingerprint density at radius 3 is 2.88 bits per heavy atom. The highest BCUT2D eigenvalue weighted by Crippen LogP contribution is 2.27. The molecule has 0 bridgehead atoms. The van der Waals surface area contributed by atoms with Gasteiger partial charge in [0.05, 0.1) is 18.2 Å². The molecule has 1 aromatic carbocycles. The molecule has 1 saturated heterocycles. The summed E-state index contributed by atoms with van der Waals surface area (Å²) in [6.07, 6.45) is 0.182. The predicted molar refractivity (Wildman–Crippen MR) is 101 cm³/mol. The summed E-state index contributed by atoms with van der Waals surface area (Å²) in [5, 5.41) is 6.92. The summed E-state index contributed by atoms with van der Waals surface area (Å²) in [7, 11) is 0. The van der Waals surface area contributed by atoms with E-state index in [-0.39, 0.29) is 30.3 Å². The SMILES string of the molecule is Cc1ccc(=O)n(CCNC(=O)C2CC(=O)N(c3cccc(Br)c3)C2)n1. The van der Waals surface area contributed by atoms with Crippen LogP contribution < -0.4 is 15.8 Å². The second kappa shape index (κ2) is 7.82. The lowest BCUT2D eigenvalue weighted by atomic mass is 10.1. The van der Waals surface area contributed by atoms with Gasteiger partial charge in [0.15, 0.2) is 0 Å². The quantitative estimate of drug-likeness (QED) is 0.796. The van der Waals surface area contributed by atoms with E-state index in [1.54, 1.807) is 17.9 Å². The maximum atomic E-state index is 12.4. The molecule has 2 heterocycles. The fourth-order valence-electron chi connectivity index (χ4n) is 2.92. The van der Waals surface area contributed by atoms with Crippen molar-refractivity contribution in [2.45, 2.75) is 19.9 Å². The van der Waals surface area contributed by atoms with Crippen LogP contribution in [0.25, 0.3) is 0 Å². The van der Waals surface area contributed by atoms with Gasteiger partial charge < -0.3 is 10.2 Å². The van der Waals surface area contributed by atoms with Gasteiger partial charge in [-0.25, -0.2) is 4.68 Å². The molecular formula is C18H19BrN4O3. The van der Waals surface area contributed by atoms with Gasteiger partial charge in [0.25, 0.3) is 5.56 Å². The highest BCUT2D eigenvalue weighted by atomic mass is 79.9. The molecule has 1 aliphatic rings. The summed E-state index contributed by atoms with van der Waals surface area (Å²) >= 11 is 3.39. The van der Waals surface area contributed by atoms with Gasteiger partial charge in [-0.2, -0.15) is 5.10 Å². The number of benzene rings is 1. The first-order valence-electron chi connectivity index (χ1n) is 8.32. The zero-order valence-electron chi connectivity index (χ0n) is 14.3. The zero-order valence-corrected chi connectivity index (χ0v) is 15.9. The number of nitrogens with one attached hydrogen (secondary N) is 1. The third-order valence-electron chi connectivity index (χ3n) is 4.24. The van der Waals surface area contributed by atoms with Gasteiger partial charge in [-0.05, 0) is 31.2 Å². The predicted octanol–water partition coefficient (Wildman–Crippen LogP) is 1.48. The molecule has 26 heavy (non-hydrogen) atoms. The number of hydrogen-bond donors (Lipinski definition) is 1. The van der Waals surface area contributed by atoms with Crippen molar-refractivity contribution in [3.05, 3.63) is 56.9 Å². The Balaban J connectivity index is 1.56. The van der Waals surface area contributed by atoms with Gasteiger partial charge in [0, 0.05) is 35.7 Å². The Kier molecular flexibility index (Phi) is 5.51. The molecule has 8 heteroatoms. The van der Waals surface area contributed by atoms with E-state index < -0.39 is 5.92 Å². The second-order valence-electron chi connectivity index (χ2n) is 6.21. The van der Waals surface area contributed by atoms with E-state index in [0.29, 0.717) is 13.1 Å². The first-order valence-corrected chi connectivity index (χ1v) is 9.12. The summed E-state index contributed by atoms with van der Waals surface area (Å²) < 4.78 is 2.20. The minimum atomic E-state index is -0.399. The number of carbonyl (C=O) groups is 2. The summed E-state index contributed by atoms with van der Waals surface area (Å²) in [4.78, 5) is 38.0. The van der Waals surface area contributed by atoms with E-state index >= 15 is 0 Å². The number of aromatic nitrogens is 2. The molecule has 7 nitrogen and oxygen atoms in total. The lowest BCUT2D eigenvalue weighted by Crippen LogP contribution is -2.36. The molecule has 2 aromatic rings. The summed E-state index contributed by atoms with van der Waals surface area (Å²) in [5.74, 6) is -0.653. The van der Waals surface area contributed by atoms with Crippen LogP contribution in [0.4, 0.5) is 5.69 Å². The average molecular weight is 419 g/mol. The van der Waals surface area contributed by atoms with E-state index in [1.165, 1.54) is 10.7 Å². The minimum Gasteiger partial charge on any atom is -0.354 e. The van der Waals surface area contributed by atoms with Crippen molar-refractivity contribution in [3.63, 3.8) is 0 Å². The summed E-state index contributed by atoms with van der Waals surface area (Å²) in [5.41, 5.74) is 1.30. The Bertz CT molecular complexity index is 896. The van der Waals surface area contributed by atoms with Crippen LogP contribution in [0.3, 0.4) is 0 Å². The maximum Gasteiger partial charge on any atom is 0.266 e. The van der Waals surface area contributed by atoms with Crippen LogP contribution in [0.15, 0.2) is 45.7 Å². The van der Waals surface area contributed by atoms with Crippen molar-refractivity contribution in [3.8, 4) is 0 Å². The molecule has 3 rings (SSSR count). The lowest BCUT2D eigenvalue weighted by Gasteiger charge is -2.17. The van der Waals surface area contributed by atoms with Crippen LogP contribution in [0.5, 0.6) is 0 Å². The van der Waals surface area contributed by atoms with Crippen molar-refractivity contribution in [2.24, 2.45) is 5.92 Å². The zero-order chi connectivity index (χ0) is 18.7. The van der Waals surface area contributed by atoms with Crippen molar-refractivity contribution >= 4 is 33.4 Å². The number of aryl methyl sites for hydroxylation is 1. The van der Waals surface area contributed by atoms with Crippen molar-refractivity contribution < 1.29 is 9.59 Å². The molecule has 136 valence electrons. The maximum absolute atomic E-state index is 12.4. The smallest absolute Gasteiger partial charge is 0.266 e. The Morgan fingerprint density at radius 2 is 2.12 bits per heavy atom. The standard InChI is InChI=1S/C18H19BrN4O3/c1-12-5-6-16(24)23(21-12)8-7-20-18(26)13-9-17(25)22(11-13)15-4-2-3-14(19)10-15/h2-6,10,13H,7-9,11H2,1H3,(H,20,26). The minimum absolute atomic E-state index is 0.0696. The molecule has 2 amide bonds. The van der Waals surface area contributed by atoms with Gasteiger partial charge in [0.1, 0.15) is 0 Å². The molecule has 0 radical (unpaired) electrons. The fourth-order valence-corrected chi connectivity index (χ4v) is 3.30. The van der Waals surface area contributed by atoms with Gasteiger partial charge >= 0.3 is 0 Å². The van der Waals surface area contributed by atoms with Crippen LogP contribution >= 0.6 is 15.9 Å². The van der Waals surface area contributed by atoms with Crippen molar-refractivity contribution in [2.75, 3.05) is 18.0 Å². The molecule has 1 fully saturated rings. The summed E-state index contributed by atoms with van der Waals surface area (Å²) in [6.45, 7) is 2.73. The lowest BCUT2D eigenvalue weighted by molar-refractivity contribution is -0.126. The van der Waals surface area contributed by atoms with E-state index in [4.69, 9.17) is 0 Å². The molecule has 1 N–H and O–H groups in total. The molecule has 0 aliphatic carbocycles. The monoisotopic (exact) mass is 418 g/mol. The number of anilines is 1. The van der Waals surface area contributed by atoms with Crippen molar-refractivity contribution in [1.29, 1.82) is 0 Å². The van der Waals surface area contributed by atoms with Gasteiger partial charge in [-0.3, -0.25) is 14.4 Å². The van der Waals surface area contributed by atoms with Crippen LogP contribution in [-0.2, 0) is 16.1 Å². The van der Waals surface area contributed by atoms with Crippen molar-refractivity contribution in [1.82, 2.24) is 15.1 Å². The molecule has 1 aromatic heterocycles. The van der Waals surface area contributed by atoms with Crippen LogP contribution in [0, 0.1) is 12.8 Å². The molecule has 1 unspecified atom stereocenters. The number of amides is 2. The number of carbonyl (C=O) groups excluding carboxylic acids is 2. The molecular weight excluding hydrogens is 400 g/mol. The van der Waals surface area contributed by atoms with Crippen LogP contribution in [0.1, 0.15) is 12.1 Å². The van der Waals surface area contributed by atoms with Gasteiger partial charge in [-0.15, -0.1) is 0 Å². The first-order chi connectivity index (χ1) is 12.4. The van der Waals surface area contributed by atoms with E-state index in [0.717, 1.165) is 15.9 Å². The average Bonchev–Trinajstić information content (AvgIpc) is 3.00. The van der Waals surface area contributed by atoms with E-state index in [1.807, 2.05) is 24.3 Å². The normalized spacial score (nSPS) is 16.8.